The topological polar surface area (TPSA) is 26.3 Å². The predicted octanol–water partition coefficient (Wildman–Crippen LogP) is 3.26. The van der Waals surface area contributed by atoms with E-state index >= 15 is 0 Å². The van der Waals surface area contributed by atoms with Gasteiger partial charge in [0.2, 0.25) is 0 Å². The average Bonchev–Trinajstić information content (AvgIpc) is 2.16. The fourth-order valence-corrected chi connectivity index (χ4v) is 1.49. The Morgan fingerprint density at radius 2 is 1.80 bits per heavy atom. The predicted molar refractivity (Wildman–Crippen MR) is 61.1 cm³/mol. The lowest BCUT2D eigenvalue weighted by atomic mass is 10.1. The summed E-state index contributed by atoms with van der Waals surface area (Å²) in [5.74, 6) is -0.213. The van der Waals surface area contributed by atoms with Crippen LogP contribution in [-0.2, 0) is 4.74 Å². The van der Waals surface area contributed by atoms with Crippen molar-refractivity contribution < 1.29 is 9.53 Å². The van der Waals surface area contributed by atoms with Gasteiger partial charge in [-0.3, -0.25) is 0 Å². The smallest absolute Gasteiger partial charge is 0.338 e. The molecule has 0 fully saturated rings. The first-order chi connectivity index (χ1) is 7.13. The summed E-state index contributed by atoms with van der Waals surface area (Å²) in [7, 11) is 0. The molecule has 0 heterocycles. The van der Waals surface area contributed by atoms with E-state index in [4.69, 9.17) is 4.74 Å². The second-order valence-electron chi connectivity index (χ2n) is 3.87. The molecule has 0 amide bonds. The Balaban J connectivity index is 2.65. The molecule has 1 aromatic carbocycles. The third kappa shape index (κ3) is 3.74. The summed E-state index contributed by atoms with van der Waals surface area (Å²) < 4.78 is 5.14. The van der Waals surface area contributed by atoms with Crippen LogP contribution in [0.3, 0.4) is 0 Å². The number of esters is 1. The molecule has 2 nitrogen and oxygen atoms in total. The Labute approximate surface area is 91.3 Å². The van der Waals surface area contributed by atoms with Gasteiger partial charge in [-0.2, -0.15) is 0 Å². The van der Waals surface area contributed by atoms with Crippen molar-refractivity contribution in [3.63, 3.8) is 0 Å². The van der Waals surface area contributed by atoms with E-state index < -0.39 is 0 Å². The van der Waals surface area contributed by atoms with Gasteiger partial charge < -0.3 is 4.74 Å². The summed E-state index contributed by atoms with van der Waals surface area (Å²) in [6.07, 6.45) is 1.97. The maximum atomic E-state index is 11.6. The second kappa shape index (κ2) is 5.54. The standard InChI is InChI=1S/C13H18O2/c1-4-5-6-15-13(14)12-8-10(2)7-11(3)9-12/h7-9H,4-6H2,1-3H3. The molecule has 0 unspecified atom stereocenters. The summed E-state index contributed by atoms with van der Waals surface area (Å²) in [5.41, 5.74) is 2.85. The van der Waals surface area contributed by atoms with Crippen molar-refractivity contribution in [2.75, 3.05) is 6.61 Å². The molecule has 0 aliphatic carbocycles. The molecule has 0 radical (unpaired) electrons. The Hall–Kier alpha value is -1.31. The number of aryl methyl sites for hydroxylation is 2. The summed E-state index contributed by atoms with van der Waals surface area (Å²) in [4.78, 5) is 11.6. The summed E-state index contributed by atoms with van der Waals surface area (Å²) in [5, 5.41) is 0. The molecule has 0 atom stereocenters. The van der Waals surface area contributed by atoms with E-state index in [1.165, 1.54) is 0 Å². The van der Waals surface area contributed by atoms with Crippen molar-refractivity contribution >= 4 is 5.97 Å². The number of hydrogen-bond donors (Lipinski definition) is 0. The van der Waals surface area contributed by atoms with E-state index in [1.807, 2.05) is 32.0 Å². The van der Waals surface area contributed by atoms with Gasteiger partial charge in [0, 0.05) is 0 Å². The van der Waals surface area contributed by atoms with E-state index in [9.17, 15) is 4.79 Å². The number of unbranched alkanes of at least 4 members (excludes halogenated alkanes) is 1. The highest BCUT2D eigenvalue weighted by atomic mass is 16.5. The van der Waals surface area contributed by atoms with Crippen LogP contribution in [0.15, 0.2) is 18.2 Å². The van der Waals surface area contributed by atoms with Gasteiger partial charge in [-0.05, 0) is 32.4 Å². The van der Waals surface area contributed by atoms with Crippen molar-refractivity contribution in [3.05, 3.63) is 34.9 Å². The number of rotatable bonds is 4. The lowest BCUT2D eigenvalue weighted by Gasteiger charge is -2.05. The molecule has 0 saturated heterocycles. The molecular formula is C13H18O2. The van der Waals surface area contributed by atoms with Gasteiger partial charge in [0.15, 0.2) is 0 Å². The van der Waals surface area contributed by atoms with Gasteiger partial charge in [-0.1, -0.05) is 30.5 Å². The van der Waals surface area contributed by atoms with E-state index in [0.717, 1.165) is 24.0 Å². The zero-order chi connectivity index (χ0) is 11.3. The first-order valence-corrected chi connectivity index (χ1v) is 5.39. The fraction of sp³-hybridized carbons (Fsp3) is 0.462. The first-order valence-electron chi connectivity index (χ1n) is 5.39. The second-order valence-corrected chi connectivity index (χ2v) is 3.87. The Bertz CT molecular complexity index is 322. The van der Waals surface area contributed by atoms with Crippen molar-refractivity contribution in [1.82, 2.24) is 0 Å². The average molecular weight is 206 g/mol. The molecule has 0 saturated carbocycles. The molecule has 0 spiro atoms. The van der Waals surface area contributed by atoms with Crippen molar-refractivity contribution in [3.8, 4) is 0 Å². The lowest BCUT2D eigenvalue weighted by molar-refractivity contribution is 0.0499. The molecule has 0 N–H and O–H groups in total. The Morgan fingerprint density at radius 1 is 1.20 bits per heavy atom. The lowest BCUT2D eigenvalue weighted by Crippen LogP contribution is -2.06. The van der Waals surface area contributed by atoms with Crippen LogP contribution in [0.5, 0.6) is 0 Å². The highest BCUT2D eigenvalue weighted by molar-refractivity contribution is 5.89. The van der Waals surface area contributed by atoms with Crippen LogP contribution in [0.4, 0.5) is 0 Å². The van der Waals surface area contributed by atoms with Crippen LogP contribution in [-0.4, -0.2) is 12.6 Å². The zero-order valence-corrected chi connectivity index (χ0v) is 9.67. The van der Waals surface area contributed by atoms with Crippen molar-refractivity contribution in [2.45, 2.75) is 33.6 Å². The van der Waals surface area contributed by atoms with Crippen LogP contribution in [0.1, 0.15) is 41.3 Å². The molecule has 0 bridgehead atoms. The number of benzene rings is 1. The third-order valence-corrected chi connectivity index (χ3v) is 2.19. The largest absolute Gasteiger partial charge is 0.462 e. The zero-order valence-electron chi connectivity index (χ0n) is 9.67. The normalized spacial score (nSPS) is 10.1. The Morgan fingerprint density at radius 3 is 2.33 bits per heavy atom. The van der Waals surface area contributed by atoms with Crippen LogP contribution in [0, 0.1) is 13.8 Å². The molecule has 0 aliphatic heterocycles. The third-order valence-electron chi connectivity index (χ3n) is 2.19. The number of carbonyl (C=O) groups is 1. The molecule has 82 valence electrons. The molecule has 15 heavy (non-hydrogen) atoms. The molecule has 0 aromatic heterocycles. The minimum atomic E-state index is -0.213. The van der Waals surface area contributed by atoms with E-state index in [2.05, 4.69) is 6.92 Å². The molecule has 1 aromatic rings. The summed E-state index contributed by atoms with van der Waals surface area (Å²) in [6, 6.07) is 5.77. The van der Waals surface area contributed by atoms with Crippen LogP contribution >= 0.6 is 0 Å². The number of hydrogen-bond acceptors (Lipinski definition) is 2. The molecule has 2 heteroatoms. The SMILES string of the molecule is CCCCOC(=O)c1cc(C)cc(C)c1. The van der Waals surface area contributed by atoms with Crippen LogP contribution in [0.25, 0.3) is 0 Å². The molecule has 1 rings (SSSR count). The maximum Gasteiger partial charge on any atom is 0.338 e. The van der Waals surface area contributed by atoms with Gasteiger partial charge in [-0.15, -0.1) is 0 Å². The highest BCUT2D eigenvalue weighted by Crippen LogP contribution is 2.10. The monoisotopic (exact) mass is 206 g/mol. The minimum absolute atomic E-state index is 0.213. The quantitative estimate of drug-likeness (QED) is 0.558. The van der Waals surface area contributed by atoms with Gasteiger partial charge in [0.1, 0.15) is 0 Å². The molecule has 0 aliphatic rings. The van der Waals surface area contributed by atoms with E-state index in [-0.39, 0.29) is 5.97 Å². The van der Waals surface area contributed by atoms with E-state index in [1.54, 1.807) is 0 Å². The summed E-state index contributed by atoms with van der Waals surface area (Å²) in [6.45, 7) is 6.55. The fourth-order valence-electron chi connectivity index (χ4n) is 1.49. The minimum Gasteiger partial charge on any atom is -0.462 e. The van der Waals surface area contributed by atoms with E-state index in [0.29, 0.717) is 12.2 Å². The number of carbonyl (C=O) groups excluding carboxylic acids is 1. The van der Waals surface area contributed by atoms with Gasteiger partial charge in [-0.25, -0.2) is 4.79 Å². The summed E-state index contributed by atoms with van der Waals surface area (Å²) >= 11 is 0. The van der Waals surface area contributed by atoms with Gasteiger partial charge in [0.25, 0.3) is 0 Å². The van der Waals surface area contributed by atoms with Crippen LogP contribution < -0.4 is 0 Å². The number of ether oxygens (including phenoxy) is 1. The van der Waals surface area contributed by atoms with Crippen LogP contribution in [0.2, 0.25) is 0 Å². The van der Waals surface area contributed by atoms with Crippen molar-refractivity contribution in [2.24, 2.45) is 0 Å². The maximum absolute atomic E-state index is 11.6. The van der Waals surface area contributed by atoms with Gasteiger partial charge >= 0.3 is 5.97 Å². The highest BCUT2D eigenvalue weighted by Gasteiger charge is 2.07. The van der Waals surface area contributed by atoms with Crippen molar-refractivity contribution in [1.29, 1.82) is 0 Å². The molecular weight excluding hydrogens is 188 g/mol. The van der Waals surface area contributed by atoms with Gasteiger partial charge in [0.05, 0.1) is 12.2 Å². The first kappa shape index (κ1) is 11.8. The Kier molecular flexibility index (Phi) is 4.35.